The molecule has 2 rings (SSSR count). The van der Waals surface area contributed by atoms with Gasteiger partial charge in [-0.25, -0.2) is 13.8 Å². The number of carbonyl (C=O) groups is 1. The van der Waals surface area contributed by atoms with Crippen LogP contribution in [0.25, 0.3) is 0 Å². The molecule has 0 aliphatic heterocycles. The van der Waals surface area contributed by atoms with Crippen LogP contribution in [0.15, 0.2) is 46.4 Å². The number of benzene rings is 2. The molecule has 7 nitrogen and oxygen atoms in total. The van der Waals surface area contributed by atoms with Crippen molar-refractivity contribution in [1.29, 1.82) is 0 Å². The fourth-order valence-electron chi connectivity index (χ4n) is 2.29. The van der Waals surface area contributed by atoms with Crippen molar-refractivity contribution in [2.24, 2.45) is 5.10 Å². The second-order valence-electron chi connectivity index (χ2n) is 5.85. The van der Waals surface area contributed by atoms with Crippen LogP contribution in [0.4, 0.5) is 0 Å². The zero-order valence-electron chi connectivity index (χ0n) is 15.4. The number of hydrazone groups is 1. The molecule has 0 aromatic heterocycles. The number of ether oxygens (including phenoxy) is 1. The van der Waals surface area contributed by atoms with E-state index in [0.717, 1.165) is 4.31 Å². The minimum absolute atomic E-state index is 0.0672. The number of hydrogen-bond donors (Lipinski definition) is 1. The molecule has 0 fully saturated rings. The highest BCUT2D eigenvalue weighted by Crippen LogP contribution is 2.23. The van der Waals surface area contributed by atoms with E-state index >= 15 is 0 Å². The maximum atomic E-state index is 12.6. The van der Waals surface area contributed by atoms with Crippen molar-refractivity contribution < 1.29 is 17.9 Å². The Kier molecular flexibility index (Phi) is 7.42. The molecule has 1 amide bonds. The SMILES string of the molecule is COc1ccc(S(=O)(=O)N(C)CC(=O)N/N=C/c2ccc(Cl)cc2Cl)cc1C. The molecular weight excluding hydrogens is 425 g/mol. The lowest BCUT2D eigenvalue weighted by Gasteiger charge is -2.17. The lowest BCUT2D eigenvalue weighted by molar-refractivity contribution is -0.121. The molecule has 0 spiro atoms. The van der Waals surface area contributed by atoms with E-state index in [0.29, 0.717) is 26.9 Å². The van der Waals surface area contributed by atoms with E-state index in [1.807, 2.05) is 0 Å². The third-order valence-corrected chi connectivity index (χ3v) is 6.16. The summed E-state index contributed by atoms with van der Waals surface area (Å²) in [5.41, 5.74) is 3.50. The molecule has 0 saturated heterocycles. The number of halogens is 2. The maximum Gasteiger partial charge on any atom is 0.255 e. The highest BCUT2D eigenvalue weighted by molar-refractivity contribution is 7.89. The number of sulfonamides is 1. The molecule has 0 unspecified atom stereocenters. The first kappa shape index (κ1) is 22.2. The number of nitrogens with one attached hydrogen (secondary N) is 1. The second kappa shape index (κ2) is 9.38. The largest absolute Gasteiger partial charge is 0.496 e. The minimum Gasteiger partial charge on any atom is -0.496 e. The highest BCUT2D eigenvalue weighted by Gasteiger charge is 2.23. The van der Waals surface area contributed by atoms with Crippen molar-refractivity contribution in [3.8, 4) is 5.75 Å². The summed E-state index contributed by atoms with van der Waals surface area (Å²) in [5, 5.41) is 4.64. The molecule has 2 aromatic rings. The molecule has 2 aromatic carbocycles. The average molecular weight is 444 g/mol. The van der Waals surface area contributed by atoms with Crippen LogP contribution < -0.4 is 10.2 Å². The van der Waals surface area contributed by atoms with E-state index in [2.05, 4.69) is 10.5 Å². The number of methoxy groups -OCH3 is 1. The molecule has 0 aliphatic carbocycles. The van der Waals surface area contributed by atoms with E-state index in [-0.39, 0.29) is 4.90 Å². The van der Waals surface area contributed by atoms with Crippen LogP contribution in [0.5, 0.6) is 5.75 Å². The molecule has 0 aliphatic rings. The number of carbonyl (C=O) groups excluding carboxylic acids is 1. The number of likely N-dealkylation sites (N-methyl/N-ethyl adjacent to an activating group) is 1. The summed E-state index contributed by atoms with van der Waals surface area (Å²) < 4.78 is 31.3. The van der Waals surface area contributed by atoms with Gasteiger partial charge in [-0.1, -0.05) is 29.3 Å². The molecule has 0 heterocycles. The number of amides is 1. The molecule has 150 valence electrons. The van der Waals surface area contributed by atoms with E-state index in [4.69, 9.17) is 27.9 Å². The van der Waals surface area contributed by atoms with Crippen molar-refractivity contribution in [2.45, 2.75) is 11.8 Å². The molecule has 0 radical (unpaired) electrons. The third-order valence-electron chi connectivity index (χ3n) is 3.80. The third kappa shape index (κ3) is 5.45. The van der Waals surface area contributed by atoms with Crippen molar-refractivity contribution >= 4 is 45.3 Å². The van der Waals surface area contributed by atoms with Gasteiger partial charge in [0.1, 0.15) is 5.75 Å². The van der Waals surface area contributed by atoms with Gasteiger partial charge < -0.3 is 4.74 Å². The lowest BCUT2D eigenvalue weighted by atomic mass is 10.2. The standard InChI is InChI=1S/C18H19Cl2N3O4S/c1-12-8-15(6-7-17(12)27-3)28(25,26)23(2)11-18(24)22-21-10-13-4-5-14(19)9-16(13)20/h4-10H,11H2,1-3H3,(H,22,24)/b21-10+. The maximum absolute atomic E-state index is 12.6. The van der Waals surface area contributed by atoms with Crippen LogP contribution in [-0.4, -0.2) is 45.5 Å². The van der Waals surface area contributed by atoms with Gasteiger partial charge in [-0.2, -0.15) is 9.41 Å². The van der Waals surface area contributed by atoms with Crippen molar-refractivity contribution in [1.82, 2.24) is 9.73 Å². The monoisotopic (exact) mass is 443 g/mol. The Balaban J connectivity index is 2.02. The molecule has 28 heavy (non-hydrogen) atoms. The Morgan fingerprint density at radius 3 is 2.57 bits per heavy atom. The van der Waals surface area contributed by atoms with Gasteiger partial charge in [0.2, 0.25) is 10.0 Å². The number of hydrogen-bond acceptors (Lipinski definition) is 5. The fourth-order valence-corrected chi connectivity index (χ4v) is 3.96. The van der Waals surface area contributed by atoms with E-state index < -0.39 is 22.5 Å². The average Bonchev–Trinajstić information content (AvgIpc) is 2.63. The van der Waals surface area contributed by atoms with Gasteiger partial charge in [0.15, 0.2) is 0 Å². The molecule has 10 heteroatoms. The van der Waals surface area contributed by atoms with Gasteiger partial charge in [0.25, 0.3) is 5.91 Å². The van der Waals surface area contributed by atoms with Gasteiger partial charge in [0, 0.05) is 17.6 Å². The van der Waals surface area contributed by atoms with Gasteiger partial charge >= 0.3 is 0 Å². The summed E-state index contributed by atoms with van der Waals surface area (Å²) >= 11 is 11.8. The zero-order chi connectivity index (χ0) is 20.9. The van der Waals surface area contributed by atoms with Gasteiger partial charge in [0.05, 0.1) is 29.8 Å². The van der Waals surface area contributed by atoms with Crippen molar-refractivity contribution in [2.75, 3.05) is 20.7 Å². The summed E-state index contributed by atoms with van der Waals surface area (Å²) in [6.45, 7) is 1.33. The Labute approximate surface area is 173 Å². The summed E-state index contributed by atoms with van der Waals surface area (Å²) in [4.78, 5) is 12.1. The van der Waals surface area contributed by atoms with E-state index in [1.165, 1.54) is 32.5 Å². The van der Waals surface area contributed by atoms with E-state index in [9.17, 15) is 13.2 Å². The Morgan fingerprint density at radius 1 is 1.25 bits per heavy atom. The summed E-state index contributed by atoms with van der Waals surface area (Å²) in [6.07, 6.45) is 1.35. The van der Waals surface area contributed by atoms with Gasteiger partial charge in [-0.15, -0.1) is 0 Å². The second-order valence-corrected chi connectivity index (χ2v) is 8.74. The molecular formula is C18H19Cl2N3O4S. The molecule has 0 bridgehead atoms. The van der Waals surface area contributed by atoms with E-state index in [1.54, 1.807) is 31.2 Å². The summed E-state index contributed by atoms with van der Waals surface area (Å²) in [5.74, 6) is -0.0211. The first-order valence-corrected chi connectivity index (χ1v) is 10.2. The van der Waals surface area contributed by atoms with Crippen LogP contribution in [0.1, 0.15) is 11.1 Å². The quantitative estimate of drug-likeness (QED) is 0.525. The van der Waals surface area contributed by atoms with Crippen LogP contribution in [0.2, 0.25) is 10.0 Å². The fraction of sp³-hybridized carbons (Fsp3) is 0.222. The van der Waals surface area contributed by atoms with Crippen molar-refractivity contribution in [3.05, 3.63) is 57.6 Å². The number of aryl methyl sites for hydroxylation is 1. The topological polar surface area (TPSA) is 88.1 Å². The van der Waals surface area contributed by atoms with Crippen LogP contribution in [-0.2, 0) is 14.8 Å². The molecule has 0 atom stereocenters. The normalized spacial score (nSPS) is 11.8. The Hall–Kier alpha value is -2.13. The predicted octanol–water partition coefficient (Wildman–Crippen LogP) is 3.08. The van der Waals surface area contributed by atoms with Gasteiger partial charge in [-0.3, -0.25) is 4.79 Å². The van der Waals surface area contributed by atoms with Crippen LogP contribution >= 0.6 is 23.2 Å². The first-order chi connectivity index (χ1) is 13.1. The Morgan fingerprint density at radius 2 is 1.96 bits per heavy atom. The first-order valence-electron chi connectivity index (χ1n) is 8.03. The summed E-state index contributed by atoms with van der Waals surface area (Å²) in [7, 11) is -1.02. The number of nitrogens with zero attached hydrogens (tertiary/aromatic N) is 2. The lowest BCUT2D eigenvalue weighted by Crippen LogP contribution is -2.36. The predicted molar refractivity (Wildman–Crippen MR) is 110 cm³/mol. The van der Waals surface area contributed by atoms with Crippen LogP contribution in [0.3, 0.4) is 0 Å². The molecule has 1 N–H and O–H groups in total. The summed E-state index contributed by atoms with van der Waals surface area (Å²) in [6, 6.07) is 9.30. The minimum atomic E-state index is -3.84. The van der Waals surface area contributed by atoms with Gasteiger partial charge in [-0.05, 0) is 42.8 Å². The number of rotatable bonds is 7. The van der Waals surface area contributed by atoms with Crippen molar-refractivity contribution in [3.63, 3.8) is 0 Å². The smallest absolute Gasteiger partial charge is 0.255 e. The highest BCUT2D eigenvalue weighted by atomic mass is 35.5. The zero-order valence-corrected chi connectivity index (χ0v) is 17.8. The Bertz CT molecular complexity index is 1010. The van der Waals surface area contributed by atoms with Crippen LogP contribution in [0, 0.1) is 6.92 Å². The molecule has 0 saturated carbocycles.